The van der Waals surface area contributed by atoms with Gasteiger partial charge in [-0.05, 0) is 37.5 Å². The van der Waals surface area contributed by atoms with Gasteiger partial charge in [-0.2, -0.15) is 0 Å². The van der Waals surface area contributed by atoms with E-state index in [9.17, 15) is 14.4 Å². The Morgan fingerprint density at radius 3 is 2.74 bits per heavy atom. The molecule has 3 aromatic rings. The summed E-state index contributed by atoms with van der Waals surface area (Å²) in [4.78, 5) is 43.6. The quantitative estimate of drug-likeness (QED) is 0.668. The zero-order chi connectivity index (χ0) is 21.6. The zero-order valence-electron chi connectivity index (χ0n) is 17.1. The van der Waals surface area contributed by atoms with Crippen LogP contribution in [-0.4, -0.2) is 26.2 Å². The molecule has 0 unspecified atom stereocenters. The Morgan fingerprint density at radius 2 is 1.97 bits per heavy atom. The number of anilines is 1. The van der Waals surface area contributed by atoms with Gasteiger partial charge in [0.1, 0.15) is 5.65 Å². The third-order valence-electron chi connectivity index (χ3n) is 5.70. The molecule has 1 fully saturated rings. The second kappa shape index (κ2) is 7.26. The van der Waals surface area contributed by atoms with Gasteiger partial charge in [-0.1, -0.05) is 6.92 Å². The first-order valence-electron chi connectivity index (χ1n) is 10.4. The van der Waals surface area contributed by atoms with Crippen LogP contribution in [0.1, 0.15) is 49.4 Å². The van der Waals surface area contributed by atoms with E-state index in [0.29, 0.717) is 30.2 Å². The summed E-state index contributed by atoms with van der Waals surface area (Å²) >= 11 is 0. The number of nitrogens with zero attached hydrogens (tertiary/aromatic N) is 2. The summed E-state index contributed by atoms with van der Waals surface area (Å²) in [5, 5.41) is 3.00. The number of aromatic amines is 1. The number of nitrogens with one attached hydrogen (secondary N) is 2. The number of amides is 1. The molecule has 0 bridgehead atoms. The minimum Gasteiger partial charge on any atom is -0.448 e. The van der Waals surface area contributed by atoms with Crippen molar-refractivity contribution in [3.8, 4) is 11.5 Å². The molecule has 2 aromatic heterocycles. The van der Waals surface area contributed by atoms with Gasteiger partial charge in [0.25, 0.3) is 17.3 Å². The van der Waals surface area contributed by atoms with Gasteiger partial charge in [-0.3, -0.25) is 19.1 Å². The molecule has 5 rings (SSSR count). The summed E-state index contributed by atoms with van der Waals surface area (Å²) < 4.78 is 13.4. The van der Waals surface area contributed by atoms with Crippen molar-refractivity contribution in [3.63, 3.8) is 0 Å². The highest BCUT2D eigenvalue weighted by Crippen LogP contribution is 2.47. The average Bonchev–Trinajstić information content (AvgIpc) is 3.36. The molecule has 0 atom stereocenters. The van der Waals surface area contributed by atoms with Crippen LogP contribution >= 0.6 is 0 Å². The molecule has 1 saturated carbocycles. The van der Waals surface area contributed by atoms with Crippen molar-refractivity contribution in [2.24, 2.45) is 0 Å². The third-order valence-corrected chi connectivity index (χ3v) is 5.70. The Morgan fingerprint density at radius 1 is 1.19 bits per heavy atom. The van der Waals surface area contributed by atoms with Crippen LogP contribution in [0.3, 0.4) is 0 Å². The lowest BCUT2D eigenvalue weighted by Gasteiger charge is -2.21. The summed E-state index contributed by atoms with van der Waals surface area (Å²) in [6.45, 7) is 2.34. The lowest BCUT2D eigenvalue weighted by Crippen LogP contribution is -2.34. The Labute approximate surface area is 177 Å². The molecule has 9 nitrogen and oxygen atoms in total. The number of pyridine rings is 1. The molecule has 3 heterocycles. The first kappa shape index (κ1) is 19.3. The molecule has 0 saturated heterocycles. The molecular formula is C22H22N4O5. The molecule has 160 valence electrons. The maximum atomic E-state index is 12.8. The molecular weight excluding hydrogens is 400 g/mol. The zero-order valence-corrected chi connectivity index (χ0v) is 17.1. The summed E-state index contributed by atoms with van der Waals surface area (Å²) in [5.74, 6) is 0.295. The van der Waals surface area contributed by atoms with Crippen molar-refractivity contribution in [2.75, 3.05) is 5.32 Å². The molecule has 31 heavy (non-hydrogen) atoms. The number of hydrogen-bond donors (Lipinski definition) is 2. The normalized spacial score (nSPS) is 16.2. The predicted octanol–water partition coefficient (Wildman–Crippen LogP) is 2.79. The molecule has 9 heteroatoms. The molecule has 1 spiro atoms. The number of H-pyrrole nitrogens is 1. The number of carbonyl (C=O) groups is 1. The second-order valence-electron chi connectivity index (χ2n) is 7.94. The minimum absolute atomic E-state index is 0.189. The molecule has 1 aromatic carbocycles. The van der Waals surface area contributed by atoms with Crippen LogP contribution in [0.4, 0.5) is 5.69 Å². The SMILES string of the molecule is CCCn1c(=O)[nH]c(=O)c2cc(C(=O)Nc3ccc4c(c3)OC3(CCCC3)O4)cnc21. The summed E-state index contributed by atoms with van der Waals surface area (Å²) in [6, 6.07) is 6.71. The summed E-state index contributed by atoms with van der Waals surface area (Å²) in [5.41, 5.74) is -0.0574. The van der Waals surface area contributed by atoms with Crippen molar-refractivity contribution in [3.05, 3.63) is 56.9 Å². The first-order chi connectivity index (χ1) is 15.0. The van der Waals surface area contributed by atoms with Crippen molar-refractivity contribution < 1.29 is 14.3 Å². The molecule has 2 aliphatic rings. The van der Waals surface area contributed by atoms with Crippen molar-refractivity contribution >= 4 is 22.6 Å². The van der Waals surface area contributed by atoms with Crippen LogP contribution in [0, 0.1) is 0 Å². The highest BCUT2D eigenvalue weighted by Gasteiger charge is 2.44. The molecule has 0 radical (unpaired) electrons. The van der Waals surface area contributed by atoms with Gasteiger partial charge in [0, 0.05) is 37.3 Å². The standard InChI is InChI=1S/C22H22N4O5/c1-2-9-26-18-15(20(28)25-21(26)29)10-13(12-23-18)19(27)24-14-5-6-16-17(11-14)31-22(30-16)7-3-4-8-22/h5-6,10-12H,2-4,7-9H2,1H3,(H,24,27)(H,25,28,29). The largest absolute Gasteiger partial charge is 0.448 e. The number of aryl methyl sites for hydroxylation is 1. The van der Waals surface area contributed by atoms with Gasteiger partial charge in [0.2, 0.25) is 0 Å². The fourth-order valence-electron chi connectivity index (χ4n) is 4.22. The summed E-state index contributed by atoms with van der Waals surface area (Å²) in [6.07, 6.45) is 5.91. The van der Waals surface area contributed by atoms with Crippen LogP contribution in [0.15, 0.2) is 40.1 Å². The smallest absolute Gasteiger partial charge is 0.329 e. The highest BCUT2D eigenvalue weighted by molar-refractivity contribution is 6.05. The van der Waals surface area contributed by atoms with Crippen molar-refractivity contribution in [2.45, 2.75) is 51.4 Å². The van der Waals surface area contributed by atoms with Gasteiger partial charge in [-0.15, -0.1) is 0 Å². The fourth-order valence-corrected chi connectivity index (χ4v) is 4.22. The van der Waals surface area contributed by atoms with E-state index in [1.807, 2.05) is 6.92 Å². The maximum absolute atomic E-state index is 12.8. The van der Waals surface area contributed by atoms with Crippen LogP contribution in [0.25, 0.3) is 11.0 Å². The molecule has 1 amide bonds. The lowest BCUT2D eigenvalue weighted by atomic mass is 10.2. The van der Waals surface area contributed by atoms with Crippen LogP contribution in [0.2, 0.25) is 0 Å². The van der Waals surface area contributed by atoms with Gasteiger partial charge in [0.05, 0.1) is 10.9 Å². The van der Waals surface area contributed by atoms with E-state index >= 15 is 0 Å². The summed E-state index contributed by atoms with van der Waals surface area (Å²) in [7, 11) is 0. The Kier molecular flexibility index (Phi) is 4.53. The third kappa shape index (κ3) is 3.35. The monoisotopic (exact) mass is 422 g/mol. The van der Waals surface area contributed by atoms with E-state index in [1.54, 1.807) is 18.2 Å². The molecule has 2 N–H and O–H groups in total. The average molecular weight is 422 g/mol. The number of fused-ring (bicyclic) bond motifs is 2. The second-order valence-corrected chi connectivity index (χ2v) is 7.94. The molecule has 1 aliphatic carbocycles. The van der Waals surface area contributed by atoms with E-state index in [0.717, 1.165) is 25.7 Å². The Hall–Kier alpha value is -3.62. The number of ether oxygens (including phenoxy) is 2. The van der Waals surface area contributed by atoms with E-state index in [-0.39, 0.29) is 16.6 Å². The maximum Gasteiger partial charge on any atom is 0.329 e. The van der Waals surface area contributed by atoms with Gasteiger partial charge < -0.3 is 14.8 Å². The van der Waals surface area contributed by atoms with E-state index in [2.05, 4.69) is 15.3 Å². The number of hydrogen-bond acceptors (Lipinski definition) is 6. The number of carbonyl (C=O) groups excluding carboxylic acids is 1. The van der Waals surface area contributed by atoms with E-state index in [1.165, 1.54) is 16.8 Å². The van der Waals surface area contributed by atoms with Gasteiger partial charge >= 0.3 is 5.69 Å². The minimum atomic E-state index is -0.570. The van der Waals surface area contributed by atoms with E-state index in [4.69, 9.17) is 9.47 Å². The topological polar surface area (TPSA) is 115 Å². The predicted molar refractivity (Wildman–Crippen MR) is 114 cm³/mol. The van der Waals surface area contributed by atoms with Crippen LogP contribution in [0.5, 0.6) is 11.5 Å². The van der Waals surface area contributed by atoms with Crippen molar-refractivity contribution in [1.82, 2.24) is 14.5 Å². The Balaban J connectivity index is 1.41. The van der Waals surface area contributed by atoms with Crippen LogP contribution in [-0.2, 0) is 6.54 Å². The number of benzene rings is 1. The number of aromatic nitrogens is 3. The number of rotatable bonds is 4. The lowest BCUT2D eigenvalue weighted by molar-refractivity contribution is -0.0716. The van der Waals surface area contributed by atoms with Crippen molar-refractivity contribution in [1.29, 1.82) is 0 Å². The van der Waals surface area contributed by atoms with E-state index < -0.39 is 22.9 Å². The first-order valence-corrected chi connectivity index (χ1v) is 10.4. The van der Waals surface area contributed by atoms with Crippen LogP contribution < -0.4 is 26.0 Å². The Bertz CT molecular complexity index is 1300. The molecule has 1 aliphatic heterocycles. The van der Waals surface area contributed by atoms with Gasteiger partial charge in [-0.25, -0.2) is 9.78 Å². The van der Waals surface area contributed by atoms with Gasteiger partial charge in [0.15, 0.2) is 11.5 Å². The fraction of sp³-hybridized carbons (Fsp3) is 0.364. The highest BCUT2D eigenvalue weighted by atomic mass is 16.7.